The van der Waals surface area contributed by atoms with Gasteiger partial charge in [0.25, 0.3) is 11.8 Å². The molecule has 0 spiro atoms. The van der Waals surface area contributed by atoms with Crippen molar-refractivity contribution in [3.63, 3.8) is 0 Å². The quantitative estimate of drug-likeness (QED) is 0.453. The summed E-state index contributed by atoms with van der Waals surface area (Å²) >= 11 is 0. The van der Waals surface area contributed by atoms with E-state index in [4.69, 9.17) is 10.6 Å². The first-order valence-electron chi connectivity index (χ1n) is 11.0. The number of anilines is 1. The highest BCUT2D eigenvalue weighted by Crippen LogP contribution is 2.28. The highest BCUT2D eigenvalue weighted by molar-refractivity contribution is 6.50. The van der Waals surface area contributed by atoms with Gasteiger partial charge in [0.1, 0.15) is 17.3 Å². The number of amides is 2. The maximum atomic E-state index is 13.2. The van der Waals surface area contributed by atoms with E-state index in [2.05, 4.69) is 25.6 Å². The Kier molecular flexibility index (Phi) is 5.53. The molecule has 3 heterocycles. The number of benzene rings is 2. The third kappa shape index (κ3) is 3.94. The van der Waals surface area contributed by atoms with E-state index in [1.165, 1.54) is 6.42 Å². The average molecular weight is 447 g/mol. The zero-order chi connectivity index (χ0) is 22.8. The van der Waals surface area contributed by atoms with Gasteiger partial charge in [0.05, 0.1) is 17.7 Å². The minimum absolute atomic E-state index is 0.0392. The van der Waals surface area contributed by atoms with E-state index in [1.807, 2.05) is 29.3 Å². The molecule has 2 amide bonds. The summed E-state index contributed by atoms with van der Waals surface area (Å²) in [6, 6.07) is 14.4. The van der Waals surface area contributed by atoms with Crippen LogP contribution in [-0.2, 0) is 15.1 Å². The number of nitrogens with one attached hydrogen (secondary N) is 3. The summed E-state index contributed by atoms with van der Waals surface area (Å²) in [5.74, 6) is -0.376. The van der Waals surface area contributed by atoms with E-state index in [9.17, 15) is 9.59 Å². The molecule has 0 aliphatic carbocycles. The lowest BCUT2D eigenvalue weighted by molar-refractivity contribution is -0.123. The number of para-hydroxylation sites is 2. The molecule has 1 atom stereocenters. The minimum atomic E-state index is -1.65. The van der Waals surface area contributed by atoms with Crippen LogP contribution in [0.2, 0.25) is 0 Å². The number of hydrogen-bond donors (Lipinski definition) is 4. The monoisotopic (exact) mass is 447 g/mol. The number of aliphatic imine (C=N–C) groups is 1. The fourth-order valence-electron chi connectivity index (χ4n) is 4.22. The first-order valence-corrected chi connectivity index (χ1v) is 11.0. The number of fused-ring (bicyclic) bond motifs is 1. The molecule has 5 rings (SSSR count). The number of hydrogen-bond acceptors (Lipinski definition) is 7. The molecule has 0 radical (unpaired) electrons. The predicted molar refractivity (Wildman–Crippen MR) is 124 cm³/mol. The van der Waals surface area contributed by atoms with Gasteiger partial charge in [0, 0.05) is 18.8 Å². The molecule has 2 aliphatic rings. The van der Waals surface area contributed by atoms with Crippen molar-refractivity contribution in [1.82, 2.24) is 20.3 Å². The Bertz CT molecular complexity index is 1180. The number of piperidine rings is 1. The van der Waals surface area contributed by atoms with Crippen LogP contribution >= 0.6 is 0 Å². The highest BCUT2D eigenvalue weighted by Gasteiger charge is 2.52. The van der Waals surface area contributed by atoms with E-state index in [0.717, 1.165) is 31.4 Å². The second-order valence-electron chi connectivity index (χ2n) is 8.12. The number of nitrogens with two attached hydrogens (primary N) is 1. The fourth-order valence-corrected chi connectivity index (χ4v) is 4.22. The molecule has 1 aromatic heterocycles. The first kappa shape index (κ1) is 21.1. The number of nitrogens with zero attached hydrogens (tertiary/aromatic N) is 3. The molecule has 1 fully saturated rings. The van der Waals surface area contributed by atoms with Crippen molar-refractivity contribution < 1.29 is 14.4 Å². The van der Waals surface area contributed by atoms with Crippen LogP contribution < -0.4 is 21.2 Å². The van der Waals surface area contributed by atoms with Gasteiger partial charge in [0.15, 0.2) is 0 Å². The molecule has 10 heteroatoms. The number of carbonyl (C=O) groups is 2. The van der Waals surface area contributed by atoms with Crippen molar-refractivity contribution in [3.8, 4) is 5.75 Å². The Labute approximate surface area is 190 Å². The van der Waals surface area contributed by atoms with Gasteiger partial charge in [-0.05, 0) is 49.2 Å². The molecule has 3 aromatic rings. The molecule has 33 heavy (non-hydrogen) atoms. The van der Waals surface area contributed by atoms with E-state index < -0.39 is 17.4 Å². The molecule has 1 saturated heterocycles. The molecule has 5 N–H and O–H groups in total. The number of primary amides is 1. The lowest BCUT2D eigenvalue weighted by Gasteiger charge is -2.26. The molecule has 10 nitrogen and oxygen atoms in total. The van der Waals surface area contributed by atoms with Gasteiger partial charge in [0.2, 0.25) is 5.54 Å². The molecule has 2 aliphatic heterocycles. The van der Waals surface area contributed by atoms with Crippen molar-refractivity contribution in [2.75, 3.05) is 25.1 Å². The summed E-state index contributed by atoms with van der Waals surface area (Å²) in [5, 5.41) is 7.71. The average Bonchev–Trinajstić information content (AvgIpc) is 3.46. The van der Waals surface area contributed by atoms with E-state index in [-0.39, 0.29) is 18.2 Å². The standard InChI is InChI=1S/C23H25N7O3/c24-21(32)23(22-28-17-6-2-3-7-18(17)29-22)19(25-14-26-23)20(31)27-15-8-10-16(11-9-15)33-30-12-4-1-5-13-30/h2-3,6-11,26H,1,4-5,12-14H2,(H2,24,32)(H,27,31)(H,28,29). The van der Waals surface area contributed by atoms with Gasteiger partial charge >= 0.3 is 0 Å². The minimum Gasteiger partial charge on any atom is -0.406 e. The molecule has 2 aromatic carbocycles. The lowest BCUT2D eigenvalue weighted by Crippen LogP contribution is -2.58. The molecule has 1 unspecified atom stereocenters. The summed E-state index contributed by atoms with van der Waals surface area (Å²) in [6.07, 6.45) is 3.47. The Balaban J connectivity index is 1.35. The topological polar surface area (TPSA) is 138 Å². The number of imidazole rings is 1. The van der Waals surface area contributed by atoms with Crippen LogP contribution in [0.5, 0.6) is 5.75 Å². The van der Waals surface area contributed by atoms with Crippen molar-refractivity contribution in [2.24, 2.45) is 10.7 Å². The van der Waals surface area contributed by atoms with Crippen LogP contribution in [0.15, 0.2) is 53.5 Å². The van der Waals surface area contributed by atoms with Crippen LogP contribution in [0.3, 0.4) is 0 Å². The molecule has 0 bridgehead atoms. The summed E-state index contributed by atoms with van der Waals surface area (Å²) in [7, 11) is 0. The van der Waals surface area contributed by atoms with Crippen molar-refractivity contribution in [3.05, 3.63) is 54.4 Å². The smallest absolute Gasteiger partial charge is 0.272 e. The van der Waals surface area contributed by atoms with Crippen LogP contribution in [0, 0.1) is 0 Å². The Hall–Kier alpha value is -3.76. The van der Waals surface area contributed by atoms with E-state index in [0.29, 0.717) is 17.0 Å². The maximum Gasteiger partial charge on any atom is 0.272 e. The van der Waals surface area contributed by atoms with Crippen LogP contribution in [0.4, 0.5) is 5.69 Å². The predicted octanol–water partition coefficient (Wildman–Crippen LogP) is 1.66. The number of hydroxylamine groups is 2. The van der Waals surface area contributed by atoms with Gasteiger partial charge in [-0.1, -0.05) is 18.6 Å². The number of aromatic amines is 1. The summed E-state index contributed by atoms with van der Waals surface area (Å²) in [6.45, 7) is 1.87. The number of H-pyrrole nitrogens is 1. The molecule has 0 saturated carbocycles. The first-order chi connectivity index (χ1) is 16.1. The number of aromatic nitrogens is 2. The Morgan fingerprint density at radius 1 is 1.06 bits per heavy atom. The molecule has 170 valence electrons. The van der Waals surface area contributed by atoms with Crippen LogP contribution in [0.1, 0.15) is 25.1 Å². The van der Waals surface area contributed by atoms with Crippen LogP contribution in [0.25, 0.3) is 11.0 Å². The number of rotatable bonds is 6. The normalized spacial score (nSPS) is 21.0. The molecular weight excluding hydrogens is 422 g/mol. The molecular formula is C23H25N7O3. The SMILES string of the molecule is NC(=O)C1(c2nc3ccccc3[nH]2)NCN=C1C(=O)Nc1ccc(ON2CCCCC2)cc1. The second-order valence-corrected chi connectivity index (χ2v) is 8.12. The van der Waals surface area contributed by atoms with Gasteiger partial charge in [-0.15, -0.1) is 5.06 Å². The Morgan fingerprint density at radius 2 is 1.82 bits per heavy atom. The summed E-state index contributed by atoms with van der Waals surface area (Å²) in [4.78, 5) is 43.5. The van der Waals surface area contributed by atoms with E-state index >= 15 is 0 Å². The number of carbonyl (C=O) groups excluding carboxylic acids is 2. The summed E-state index contributed by atoms with van der Waals surface area (Å²) in [5.41, 5.74) is 6.01. The van der Waals surface area contributed by atoms with Crippen molar-refractivity contribution >= 4 is 34.2 Å². The summed E-state index contributed by atoms with van der Waals surface area (Å²) < 4.78 is 0. The van der Waals surface area contributed by atoms with Gasteiger partial charge in [-0.2, -0.15) is 0 Å². The second kappa shape index (κ2) is 8.64. The zero-order valence-electron chi connectivity index (χ0n) is 18.0. The zero-order valence-corrected chi connectivity index (χ0v) is 18.0. The maximum absolute atomic E-state index is 13.2. The van der Waals surface area contributed by atoms with Crippen LogP contribution in [-0.4, -0.2) is 52.3 Å². The Morgan fingerprint density at radius 3 is 2.55 bits per heavy atom. The van der Waals surface area contributed by atoms with Gasteiger partial charge in [-0.25, -0.2) is 4.98 Å². The third-order valence-corrected chi connectivity index (χ3v) is 5.93. The fraction of sp³-hybridized carbons (Fsp3) is 0.304. The van der Waals surface area contributed by atoms with Crippen molar-refractivity contribution in [2.45, 2.75) is 24.8 Å². The highest BCUT2D eigenvalue weighted by atomic mass is 16.7. The largest absolute Gasteiger partial charge is 0.406 e. The third-order valence-electron chi connectivity index (χ3n) is 5.93. The van der Waals surface area contributed by atoms with Gasteiger partial charge < -0.3 is 20.9 Å². The van der Waals surface area contributed by atoms with E-state index in [1.54, 1.807) is 24.3 Å². The lowest BCUT2D eigenvalue weighted by atomic mass is 9.91. The van der Waals surface area contributed by atoms with Crippen molar-refractivity contribution in [1.29, 1.82) is 0 Å². The van der Waals surface area contributed by atoms with Gasteiger partial charge in [-0.3, -0.25) is 19.9 Å².